The number of likely N-dealkylation sites (N-methyl/N-ethyl adjacent to an activating group) is 1. The summed E-state index contributed by atoms with van der Waals surface area (Å²) < 4.78 is 1.62. The highest BCUT2D eigenvalue weighted by Gasteiger charge is 2.31. The van der Waals surface area contributed by atoms with Crippen molar-refractivity contribution in [1.29, 1.82) is 0 Å². The second-order valence-corrected chi connectivity index (χ2v) is 12.5. The summed E-state index contributed by atoms with van der Waals surface area (Å²) in [5.74, 6) is 0.102. The Morgan fingerprint density at radius 2 is 1.56 bits per heavy atom. The highest BCUT2D eigenvalue weighted by molar-refractivity contribution is 6.07. The first kappa shape index (κ1) is 31.7. The highest BCUT2D eigenvalue weighted by Crippen LogP contribution is 2.34. The molecular weight excluding hydrogens is 564 g/mol. The van der Waals surface area contributed by atoms with Crippen LogP contribution in [0.3, 0.4) is 0 Å². The third-order valence-electron chi connectivity index (χ3n) is 8.22. The molecule has 9 nitrogen and oxygen atoms in total. The van der Waals surface area contributed by atoms with Gasteiger partial charge in [0.25, 0.3) is 17.4 Å². The third-order valence-corrected chi connectivity index (χ3v) is 8.22. The molecule has 0 unspecified atom stereocenters. The zero-order chi connectivity index (χ0) is 32.3. The van der Waals surface area contributed by atoms with Crippen LogP contribution in [0.4, 0.5) is 17.2 Å². The van der Waals surface area contributed by atoms with Crippen LogP contribution < -0.4 is 15.8 Å². The van der Waals surface area contributed by atoms with Crippen molar-refractivity contribution in [2.75, 3.05) is 43.4 Å². The molecular formula is C36H42N6O3. The molecule has 1 aromatic heterocycles. The Morgan fingerprint density at radius 3 is 2.18 bits per heavy atom. The quantitative estimate of drug-likeness (QED) is 0.285. The van der Waals surface area contributed by atoms with E-state index < -0.39 is 5.54 Å². The molecule has 0 saturated carbocycles. The van der Waals surface area contributed by atoms with Crippen molar-refractivity contribution in [2.24, 2.45) is 0 Å². The Morgan fingerprint density at radius 1 is 0.889 bits per heavy atom. The Labute approximate surface area is 265 Å². The van der Waals surface area contributed by atoms with Crippen molar-refractivity contribution in [1.82, 2.24) is 19.4 Å². The Balaban J connectivity index is 1.47. The van der Waals surface area contributed by atoms with Gasteiger partial charge in [-0.15, -0.1) is 0 Å². The Bertz CT molecular complexity index is 1730. The molecule has 0 radical (unpaired) electrons. The van der Waals surface area contributed by atoms with E-state index in [9.17, 15) is 14.4 Å². The van der Waals surface area contributed by atoms with Gasteiger partial charge in [-0.1, -0.05) is 30.3 Å². The number of aromatic nitrogens is 2. The molecule has 0 bridgehead atoms. The van der Waals surface area contributed by atoms with Gasteiger partial charge in [0.15, 0.2) is 5.82 Å². The lowest BCUT2D eigenvalue weighted by atomic mass is 9.97. The number of piperazine rings is 1. The van der Waals surface area contributed by atoms with Crippen molar-refractivity contribution in [3.8, 4) is 11.3 Å². The van der Waals surface area contributed by atoms with Crippen LogP contribution in [-0.2, 0) is 6.54 Å². The van der Waals surface area contributed by atoms with Gasteiger partial charge in [0, 0.05) is 72.5 Å². The molecule has 4 aromatic rings. The van der Waals surface area contributed by atoms with Gasteiger partial charge in [0.1, 0.15) is 0 Å². The molecule has 9 heteroatoms. The minimum atomic E-state index is -0.503. The second kappa shape index (κ2) is 13.1. The van der Waals surface area contributed by atoms with E-state index in [4.69, 9.17) is 4.98 Å². The van der Waals surface area contributed by atoms with Crippen LogP contribution in [0, 0.1) is 6.92 Å². The van der Waals surface area contributed by atoms with Crippen molar-refractivity contribution < 1.29 is 9.59 Å². The molecule has 1 N–H and O–H groups in total. The van der Waals surface area contributed by atoms with E-state index in [0.29, 0.717) is 42.1 Å². The molecule has 45 heavy (non-hydrogen) atoms. The number of rotatable bonds is 7. The molecule has 0 aliphatic carbocycles. The lowest BCUT2D eigenvalue weighted by Crippen LogP contribution is -2.47. The monoisotopic (exact) mass is 606 g/mol. The first-order chi connectivity index (χ1) is 21.5. The fraction of sp³-hybridized carbons (Fsp3) is 0.333. The van der Waals surface area contributed by atoms with Crippen LogP contribution in [-0.4, -0.2) is 69.9 Å². The van der Waals surface area contributed by atoms with E-state index >= 15 is 0 Å². The van der Waals surface area contributed by atoms with Crippen molar-refractivity contribution >= 4 is 29.0 Å². The predicted molar refractivity (Wildman–Crippen MR) is 180 cm³/mol. The zero-order valence-electron chi connectivity index (χ0n) is 27.0. The Kier molecular flexibility index (Phi) is 9.20. The fourth-order valence-corrected chi connectivity index (χ4v) is 5.64. The number of carbonyl (C=O) groups is 2. The van der Waals surface area contributed by atoms with E-state index in [1.807, 2.05) is 92.9 Å². The third kappa shape index (κ3) is 6.83. The lowest BCUT2D eigenvalue weighted by Gasteiger charge is -2.37. The average Bonchev–Trinajstić information content (AvgIpc) is 3.03. The lowest BCUT2D eigenvalue weighted by molar-refractivity contribution is 0.0664. The summed E-state index contributed by atoms with van der Waals surface area (Å²) in [4.78, 5) is 50.8. The van der Waals surface area contributed by atoms with Crippen LogP contribution in [0.25, 0.3) is 11.3 Å². The molecule has 5 rings (SSSR count). The van der Waals surface area contributed by atoms with E-state index in [1.165, 1.54) is 0 Å². The van der Waals surface area contributed by atoms with E-state index in [1.54, 1.807) is 35.0 Å². The summed E-state index contributed by atoms with van der Waals surface area (Å²) in [5, 5.41) is 3.19. The summed E-state index contributed by atoms with van der Waals surface area (Å²) in [6.45, 7) is 13.5. The zero-order valence-corrected chi connectivity index (χ0v) is 27.0. The van der Waals surface area contributed by atoms with Crippen LogP contribution in [0.2, 0.25) is 0 Å². The average molecular weight is 607 g/mol. The van der Waals surface area contributed by atoms with Crippen molar-refractivity contribution in [3.63, 3.8) is 0 Å². The van der Waals surface area contributed by atoms with Gasteiger partial charge in [-0.05, 0) is 89.7 Å². The summed E-state index contributed by atoms with van der Waals surface area (Å²) in [5.41, 5.74) is 4.22. The minimum Gasteiger partial charge on any atom is -0.336 e. The minimum absolute atomic E-state index is 0.00788. The molecule has 2 heterocycles. The predicted octanol–water partition coefficient (Wildman–Crippen LogP) is 5.82. The molecule has 2 amide bonds. The van der Waals surface area contributed by atoms with Gasteiger partial charge in [0.05, 0.1) is 5.69 Å². The molecule has 234 valence electrons. The largest absolute Gasteiger partial charge is 0.336 e. The molecule has 0 spiro atoms. The van der Waals surface area contributed by atoms with Gasteiger partial charge in [-0.2, -0.15) is 0 Å². The van der Waals surface area contributed by atoms with Gasteiger partial charge in [0.2, 0.25) is 0 Å². The molecule has 1 fully saturated rings. The molecule has 0 atom stereocenters. The summed E-state index contributed by atoms with van der Waals surface area (Å²) in [6, 6.07) is 22.3. The van der Waals surface area contributed by atoms with E-state index in [0.717, 1.165) is 29.9 Å². The molecule has 1 aliphatic rings. The number of hydrogen-bond acceptors (Lipinski definition) is 6. The van der Waals surface area contributed by atoms with Crippen LogP contribution in [0.5, 0.6) is 0 Å². The van der Waals surface area contributed by atoms with Crippen molar-refractivity contribution in [3.05, 3.63) is 106 Å². The number of nitrogens with one attached hydrogen (secondary N) is 1. The number of aryl methyl sites for hydroxylation is 1. The number of hydrogen-bond donors (Lipinski definition) is 1. The maximum absolute atomic E-state index is 13.8. The standard InChI is InChI=1S/C36H42N6O3/c1-7-40-24-30(29-14-11-15-31(25(29)2)42(36(3,4)5)34(44)26-12-9-8-10-13-26)38-32(35(40)45)37-28-18-16-27(17-19-28)33(43)41-22-20-39(6)21-23-41/h8-19,24H,7,20-23H2,1-6H3,(H,37,38). The van der Waals surface area contributed by atoms with Crippen LogP contribution in [0.1, 0.15) is 54.0 Å². The number of carbonyl (C=O) groups excluding carboxylic acids is 2. The Hall–Kier alpha value is -4.76. The maximum Gasteiger partial charge on any atom is 0.293 e. The number of nitrogens with zero attached hydrogens (tertiary/aromatic N) is 5. The summed E-state index contributed by atoms with van der Waals surface area (Å²) in [7, 11) is 2.06. The molecule has 1 aliphatic heterocycles. The highest BCUT2D eigenvalue weighted by atomic mass is 16.2. The van der Waals surface area contributed by atoms with Crippen LogP contribution in [0.15, 0.2) is 83.8 Å². The van der Waals surface area contributed by atoms with E-state index in [2.05, 4.69) is 17.3 Å². The number of anilines is 3. The fourth-order valence-electron chi connectivity index (χ4n) is 5.64. The topological polar surface area (TPSA) is 90.8 Å². The summed E-state index contributed by atoms with van der Waals surface area (Å²) >= 11 is 0. The summed E-state index contributed by atoms with van der Waals surface area (Å²) in [6.07, 6.45) is 1.76. The van der Waals surface area contributed by atoms with Gasteiger partial charge >= 0.3 is 0 Å². The van der Waals surface area contributed by atoms with Crippen LogP contribution >= 0.6 is 0 Å². The first-order valence-corrected chi connectivity index (χ1v) is 15.4. The SMILES string of the molecule is CCn1cc(-c2cccc(N(C(=O)c3ccccc3)C(C)(C)C)c2C)nc(Nc2ccc(C(=O)N3CCN(C)CC3)cc2)c1=O. The second-order valence-electron chi connectivity index (χ2n) is 12.5. The normalized spacial score (nSPS) is 13.9. The first-order valence-electron chi connectivity index (χ1n) is 15.4. The van der Waals surface area contributed by atoms with E-state index in [-0.39, 0.29) is 23.2 Å². The van der Waals surface area contributed by atoms with Gasteiger partial charge in [-0.25, -0.2) is 4.98 Å². The molecule has 3 aromatic carbocycles. The smallest absolute Gasteiger partial charge is 0.293 e. The van der Waals surface area contributed by atoms with Gasteiger partial charge in [-0.3, -0.25) is 14.4 Å². The maximum atomic E-state index is 13.8. The number of benzene rings is 3. The molecule has 1 saturated heterocycles. The van der Waals surface area contributed by atoms with Crippen molar-refractivity contribution in [2.45, 2.75) is 46.7 Å². The number of amides is 2. The van der Waals surface area contributed by atoms with Gasteiger partial charge < -0.3 is 24.6 Å².